The Kier molecular flexibility index (Phi) is 7.00. The van der Waals surface area contributed by atoms with Crippen molar-refractivity contribution in [3.05, 3.63) is 96.1 Å². The molecule has 0 radical (unpaired) electrons. The lowest BCUT2D eigenvalue weighted by molar-refractivity contribution is 0.0953. The van der Waals surface area contributed by atoms with E-state index in [0.29, 0.717) is 36.4 Å². The van der Waals surface area contributed by atoms with E-state index in [4.69, 9.17) is 4.74 Å². The quantitative estimate of drug-likeness (QED) is 0.590. The van der Waals surface area contributed by atoms with E-state index in [1.54, 1.807) is 48.4 Å². The summed E-state index contributed by atoms with van der Waals surface area (Å²) in [6.07, 6.45) is 0.634. The molecule has 0 saturated carbocycles. The number of carbonyl (C=O) groups excluding carboxylic acids is 2. The van der Waals surface area contributed by atoms with Crippen molar-refractivity contribution in [2.24, 2.45) is 0 Å². The summed E-state index contributed by atoms with van der Waals surface area (Å²) in [5.74, 6) is 0.503. The van der Waals surface area contributed by atoms with Crippen molar-refractivity contribution >= 4 is 17.5 Å². The summed E-state index contributed by atoms with van der Waals surface area (Å²) >= 11 is 0. The molecule has 2 amide bonds. The van der Waals surface area contributed by atoms with Crippen LogP contribution in [0.15, 0.2) is 84.9 Å². The lowest BCUT2D eigenvalue weighted by atomic mass is 10.1. The molecule has 3 rings (SSSR count). The van der Waals surface area contributed by atoms with Crippen molar-refractivity contribution in [2.45, 2.75) is 6.42 Å². The van der Waals surface area contributed by atoms with E-state index < -0.39 is 0 Å². The maximum Gasteiger partial charge on any atom is 0.258 e. The number of amides is 2. The Morgan fingerprint density at radius 3 is 2.07 bits per heavy atom. The van der Waals surface area contributed by atoms with Crippen LogP contribution in [0.4, 0.5) is 5.69 Å². The Morgan fingerprint density at radius 2 is 1.45 bits per heavy atom. The van der Waals surface area contributed by atoms with E-state index in [1.807, 2.05) is 48.5 Å². The van der Waals surface area contributed by atoms with E-state index >= 15 is 0 Å². The van der Waals surface area contributed by atoms with Gasteiger partial charge in [-0.2, -0.15) is 0 Å². The Bertz CT molecular complexity index is 925. The SMILES string of the molecule is COc1ccc(C(=O)N(CCCNC(=O)c2ccccc2)c2ccccc2)cc1. The summed E-state index contributed by atoms with van der Waals surface area (Å²) < 4.78 is 5.17. The minimum absolute atomic E-state index is 0.0896. The van der Waals surface area contributed by atoms with Crippen LogP contribution < -0.4 is 15.0 Å². The number of anilines is 1. The molecular formula is C24H24N2O3. The van der Waals surface area contributed by atoms with Crippen molar-refractivity contribution in [3.63, 3.8) is 0 Å². The summed E-state index contributed by atoms with van der Waals surface area (Å²) in [6, 6.07) is 25.7. The zero-order chi connectivity index (χ0) is 20.5. The molecule has 0 aliphatic carbocycles. The molecule has 5 heteroatoms. The van der Waals surface area contributed by atoms with Crippen LogP contribution in [0.1, 0.15) is 27.1 Å². The zero-order valence-electron chi connectivity index (χ0n) is 16.4. The number of ether oxygens (including phenoxy) is 1. The molecule has 3 aromatic rings. The van der Waals surface area contributed by atoms with Crippen molar-refractivity contribution in [3.8, 4) is 5.75 Å². The summed E-state index contributed by atoms with van der Waals surface area (Å²) in [4.78, 5) is 27.0. The van der Waals surface area contributed by atoms with Gasteiger partial charge in [0, 0.05) is 29.9 Å². The van der Waals surface area contributed by atoms with Gasteiger partial charge in [0.1, 0.15) is 5.75 Å². The number of hydrogen-bond donors (Lipinski definition) is 1. The summed E-state index contributed by atoms with van der Waals surface area (Å²) in [6.45, 7) is 0.969. The lowest BCUT2D eigenvalue weighted by Gasteiger charge is -2.23. The van der Waals surface area contributed by atoms with Crippen LogP contribution >= 0.6 is 0 Å². The second-order valence-corrected chi connectivity index (χ2v) is 6.50. The van der Waals surface area contributed by atoms with E-state index in [2.05, 4.69) is 5.32 Å². The second kappa shape index (κ2) is 10.1. The monoisotopic (exact) mass is 388 g/mol. The smallest absolute Gasteiger partial charge is 0.258 e. The molecule has 0 bridgehead atoms. The van der Waals surface area contributed by atoms with E-state index in [1.165, 1.54) is 0 Å². The fourth-order valence-corrected chi connectivity index (χ4v) is 2.98. The molecule has 0 spiro atoms. The van der Waals surface area contributed by atoms with Crippen LogP contribution in [0.2, 0.25) is 0 Å². The lowest BCUT2D eigenvalue weighted by Crippen LogP contribution is -2.34. The molecule has 0 aliphatic rings. The highest BCUT2D eigenvalue weighted by atomic mass is 16.5. The Morgan fingerprint density at radius 1 is 0.828 bits per heavy atom. The first-order valence-electron chi connectivity index (χ1n) is 9.53. The number of hydrogen-bond acceptors (Lipinski definition) is 3. The second-order valence-electron chi connectivity index (χ2n) is 6.50. The van der Waals surface area contributed by atoms with Crippen LogP contribution in [0.3, 0.4) is 0 Å². The summed E-state index contributed by atoms with van der Waals surface area (Å²) in [7, 11) is 1.59. The highest BCUT2D eigenvalue weighted by Crippen LogP contribution is 2.19. The van der Waals surface area contributed by atoms with Crippen molar-refractivity contribution in [1.29, 1.82) is 0 Å². The Labute approximate surface area is 170 Å². The molecule has 0 saturated heterocycles. The van der Waals surface area contributed by atoms with Crippen molar-refractivity contribution < 1.29 is 14.3 Å². The van der Waals surface area contributed by atoms with Gasteiger partial charge in [-0.15, -0.1) is 0 Å². The summed E-state index contributed by atoms with van der Waals surface area (Å²) in [5.41, 5.74) is 2.03. The topological polar surface area (TPSA) is 58.6 Å². The van der Waals surface area contributed by atoms with Crippen LogP contribution in [0, 0.1) is 0 Å². The average Bonchev–Trinajstić information content (AvgIpc) is 2.79. The summed E-state index contributed by atoms with van der Waals surface area (Å²) in [5, 5.41) is 2.91. The number of benzene rings is 3. The van der Waals surface area contributed by atoms with Gasteiger partial charge in [-0.05, 0) is 55.0 Å². The standard InChI is InChI=1S/C24H24N2O3/c1-29-22-15-13-20(14-16-22)24(28)26(21-11-6-3-7-12-21)18-8-17-25-23(27)19-9-4-2-5-10-19/h2-7,9-16H,8,17-18H2,1H3,(H,25,27). The van der Waals surface area contributed by atoms with Gasteiger partial charge in [-0.1, -0.05) is 36.4 Å². The van der Waals surface area contributed by atoms with Gasteiger partial charge in [0.05, 0.1) is 7.11 Å². The zero-order valence-corrected chi connectivity index (χ0v) is 16.4. The third-order valence-electron chi connectivity index (χ3n) is 4.53. The van der Waals surface area contributed by atoms with Gasteiger partial charge in [0.15, 0.2) is 0 Å². The van der Waals surface area contributed by atoms with Crippen molar-refractivity contribution in [2.75, 3.05) is 25.1 Å². The highest BCUT2D eigenvalue weighted by molar-refractivity contribution is 6.06. The molecule has 5 nitrogen and oxygen atoms in total. The highest BCUT2D eigenvalue weighted by Gasteiger charge is 2.17. The minimum atomic E-state index is -0.113. The first-order valence-corrected chi connectivity index (χ1v) is 9.53. The third-order valence-corrected chi connectivity index (χ3v) is 4.53. The molecule has 3 aromatic carbocycles. The Hall–Kier alpha value is -3.60. The molecule has 0 aromatic heterocycles. The van der Waals surface area contributed by atoms with Crippen molar-refractivity contribution in [1.82, 2.24) is 5.32 Å². The third kappa shape index (κ3) is 5.45. The predicted molar refractivity (Wildman–Crippen MR) is 115 cm³/mol. The molecule has 0 fully saturated rings. The fourth-order valence-electron chi connectivity index (χ4n) is 2.98. The normalized spacial score (nSPS) is 10.2. The van der Waals surface area contributed by atoms with Gasteiger partial charge in [-0.3, -0.25) is 9.59 Å². The minimum Gasteiger partial charge on any atom is -0.497 e. The van der Waals surface area contributed by atoms with Gasteiger partial charge < -0.3 is 15.0 Å². The van der Waals surface area contributed by atoms with Gasteiger partial charge in [0.25, 0.3) is 11.8 Å². The molecule has 0 atom stereocenters. The van der Waals surface area contributed by atoms with Crippen LogP contribution in [-0.2, 0) is 0 Å². The van der Waals surface area contributed by atoms with Gasteiger partial charge in [0.2, 0.25) is 0 Å². The number of nitrogens with one attached hydrogen (secondary N) is 1. The first-order chi connectivity index (χ1) is 14.2. The van der Waals surface area contributed by atoms with E-state index in [-0.39, 0.29) is 11.8 Å². The molecular weight excluding hydrogens is 364 g/mol. The van der Waals surface area contributed by atoms with Crippen LogP contribution in [0.5, 0.6) is 5.75 Å². The van der Waals surface area contributed by atoms with E-state index in [9.17, 15) is 9.59 Å². The Balaban J connectivity index is 1.64. The number of rotatable bonds is 8. The first kappa shape index (κ1) is 20.1. The van der Waals surface area contributed by atoms with Crippen LogP contribution in [-0.4, -0.2) is 32.0 Å². The predicted octanol–water partition coefficient (Wildman–Crippen LogP) is 4.16. The maximum atomic E-state index is 13.1. The van der Waals surface area contributed by atoms with Gasteiger partial charge >= 0.3 is 0 Å². The average molecular weight is 388 g/mol. The molecule has 1 N–H and O–H groups in total. The van der Waals surface area contributed by atoms with Crippen LogP contribution in [0.25, 0.3) is 0 Å². The van der Waals surface area contributed by atoms with E-state index in [0.717, 1.165) is 5.69 Å². The number of nitrogens with zero attached hydrogens (tertiary/aromatic N) is 1. The largest absolute Gasteiger partial charge is 0.497 e. The molecule has 0 aliphatic heterocycles. The maximum absolute atomic E-state index is 13.1. The molecule has 0 heterocycles. The number of methoxy groups -OCH3 is 1. The molecule has 0 unspecified atom stereocenters. The fraction of sp³-hybridized carbons (Fsp3) is 0.167. The number of carbonyl (C=O) groups is 2. The van der Waals surface area contributed by atoms with Gasteiger partial charge in [-0.25, -0.2) is 0 Å². The molecule has 29 heavy (non-hydrogen) atoms. The molecule has 148 valence electrons. The number of para-hydroxylation sites is 1.